The number of amides is 1. The SMILES string of the molecule is Cc1ccccc1CC(C)NC(=O)c1csc(CN)n1.Cl. The quantitative estimate of drug-likeness (QED) is 0.888. The molecule has 0 spiro atoms. The summed E-state index contributed by atoms with van der Waals surface area (Å²) in [5.41, 5.74) is 8.44. The Morgan fingerprint density at radius 1 is 1.43 bits per heavy atom. The van der Waals surface area contributed by atoms with Crippen LogP contribution in [0.1, 0.15) is 33.5 Å². The van der Waals surface area contributed by atoms with Crippen molar-refractivity contribution in [3.63, 3.8) is 0 Å². The van der Waals surface area contributed by atoms with Crippen molar-refractivity contribution in [2.45, 2.75) is 32.9 Å². The van der Waals surface area contributed by atoms with Crippen molar-refractivity contribution in [2.75, 3.05) is 0 Å². The highest BCUT2D eigenvalue weighted by atomic mass is 35.5. The number of carbonyl (C=O) groups excluding carboxylic acids is 1. The van der Waals surface area contributed by atoms with Gasteiger partial charge >= 0.3 is 0 Å². The number of hydrogen-bond donors (Lipinski definition) is 2. The van der Waals surface area contributed by atoms with Crippen molar-refractivity contribution in [3.05, 3.63) is 51.5 Å². The lowest BCUT2D eigenvalue weighted by Gasteiger charge is -2.14. The number of halogens is 1. The summed E-state index contributed by atoms with van der Waals surface area (Å²) in [5.74, 6) is -0.137. The molecule has 1 amide bonds. The average Bonchev–Trinajstić information content (AvgIpc) is 2.90. The molecule has 0 aliphatic heterocycles. The first-order chi connectivity index (χ1) is 9.60. The maximum absolute atomic E-state index is 12.1. The highest BCUT2D eigenvalue weighted by Crippen LogP contribution is 2.11. The Hall–Kier alpha value is -1.43. The molecule has 3 N–H and O–H groups in total. The molecular weight excluding hydrogens is 306 g/mol. The first-order valence-electron chi connectivity index (χ1n) is 6.60. The van der Waals surface area contributed by atoms with Crippen LogP contribution in [0.2, 0.25) is 0 Å². The summed E-state index contributed by atoms with van der Waals surface area (Å²) >= 11 is 1.41. The molecule has 6 heteroatoms. The molecule has 0 aliphatic rings. The highest BCUT2D eigenvalue weighted by molar-refractivity contribution is 7.09. The fourth-order valence-corrected chi connectivity index (χ4v) is 2.68. The Labute approximate surface area is 135 Å². The summed E-state index contributed by atoms with van der Waals surface area (Å²) in [5, 5.41) is 5.50. The largest absolute Gasteiger partial charge is 0.348 e. The number of benzene rings is 1. The van der Waals surface area contributed by atoms with E-state index in [4.69, 9.17) is 5.73 Å². The summed E-state index contributed by atoms with van der Waals surface area (Å²) in [4.78, 5) is 16.2. The van der Waals surface area contributed by atoms with Crippen LogP contribution in [0.5, 0.6) is 0 Å². The Bertz CT molecular complexity index is 600. The molecule has 0 saturated carbocycles. The number of aromatic nitrogens is 1. The van der Waals surface area contributed by atoms with E-state index in [1.807, 2.05) is 19.1 Å². The molecule has 4 nitrogen and oxygen atoms in total. The Morgan fingerprint density at radius 3 is 2.76 bits per heavy atom. The zero-order chi connectivity index (χ0) is 14.5. The van der Waals surface area contributed by atoms with Crippen LogP contribution in [0.15, 0.2) is 29.6 Å². The number of aryl methyl sites for hydroxylation is 1. The summed E-state index contributed by atoms with van der Waals surface area (Å²) in [7, 11) is 0. The Kier molecular flexibility index (Phi) is 6.81. The smallest absolute Gasteiger partial charge is 0.270 e. The van der Waals surface area contributed by atoms with Gasteiger partial charge in [0.05, 0.1) is 0 Å². The molecule has 114 valence electrons. The minimum atomic E-state index is -0.137. The van der Waals surface area contributed by atoms with Crippen molar-refractivity contribution in [1.29, 1.82) is 0 Å². The number of rotatable bonds is 5. The predicted octanol–water partition coefficient (Wildman–Crippen LogP) is 2.69. The van der Waals surface area contributed by atoms with Gasteiger partial charge in [-0.25, -0.2) is 4.98 Å². The third-order valence-corrected chi connectivity index (χ3v) is 3.99. The number of thiazole rings is 1. The molecule has 0 aliphatic carbocycles. The second-order valence-corrected chi connectivity index (χ2v) is 5.78. The van der Waals surface area contributed by atoms with Crippen molar-refractivity contribution < 1.29 is 4.79 Å². The normalized spacial score (nSPS) is 11.6. The zero-order valence-corrected chi connectivity index (χ0v) is 13.8. The molecule has 0 saturated heterocycles. The van der Waals surface area contributed by atoms with E-state index in [2.05, 4.69) is 29.4 Å². The molecule has 2 rings (SSSR count). The Balaban J connectivity index is 0.00000220. The molecule has 2 aromatic rings. The van der Waals surface area contributed by atoms with Crippen LogP contribution in [0.3, 0.4) is 0 Å². The van der Waals surface area contributed by atoms with Gasteiger partial charge in [0.25, 0.3) is 5.91 Å². The van der Waals surface area contributed by atoms with Gasteiger partial charge in [-0.2, -0.15) is 0 Å². The van der Waals surface area contributed by atoms with E-state index >= 15 is 0 Å². The van der Waals surface area contributed by atoms with Crippen LogP contribution < -0.4 is 11.1 Å². The summed E-state index contributed by atoms with van der Waals surface area (Å²) in [6.45, 7) is 4.45. The van der Waals surface area contributed by atoms with E-state index in [0.717, 1.165) is 11.4 Å². The molecule has 0 fully saturated rings. The van der Waals surface area contributed by atoms with Gasteiger partial charge in [0.2, 0.25) is 0 Å². The topological polar surface area (TPSA) is 68.0 Å². The minimum absolute atomic E-state index is 0. The molecule has 0 radical (unpaired) electrons. The molecule has 1 aromatic carbocycles. The first-order valence-corrected chi connectivity index (χ1v) is 7.48. The molecule has 1 atom stereocenters. The van der Waals surface area contributed by atoms with E-state index in [0.29, 0.717) is 12.2 Å². The molecule has 1 heterocycles. The van der Waals surface area contributed by atoms with Gasteiger partial charge < -0.3 is 11.1 Å². The molecule has 0 bridgehead atoms. The lowest BCUT2D eigenvalue weighted by atomic mass is 10.0. The molecule has 1 aromatic heterocycles. The van der Waals surface area contributed by atoms with Crippen molar-refractivity contribution in [1.82, 2.24) is 10.3 Å². The van der Waals surface area contributed by atoms with Gasteiger partial charge in [-0.3, -0.25) is 4.79 Å². The van der Waals surface area contributed by atoms with E-state index < -0.39 is 0 Å². The number of hydrogen-bond acceptors (Lipinski definition) is 4. The fraction of sp³-hybridized carbons (Fsp3) is 0.333. The van der Waals surface area contributed by atoms with Crippen LogP contribution in [-0.2, 0) is 13.0 Å². The lowest BCUT2D eigenvalue weighted by Crippen LogP contribution is -2.34. The van der Waals surface area contributed by atoms with E-state index in [-0.39, 0.29) is 24.4 Å². The molecule has 1 unspecified atom stereocenters. The number of nitrogens with two attached hydrogens (primary N) is 1. The number of nitrogens with zero attached hydrogens (tertiary/aromatic N) is 1. The summed E-state index contributed by atoms with van der Waals surface area (Å²) < 4.78 is 0. The lowest BCUT2D eigenvalue weighted by molar-refractivity contribution is 0.0935. The summed E-state index contributed by atoms with van der Waals surface area (Å²) in [6.07, 6.45) is 0.812. The van der Waals surface area contributed by atoms with Crippen LogP contribution in [-0.4, -0.2) is 16.9 Å². The maximum atomic E-state index is 12.1. The van der Waals surface area contributed by atoms with E-state index in [1.165, 1.54) is 22.5 Å². The third kappa shape index (κ3) is 4.81. The third-order valence-electron chi connectivity index (χ3n) is 3.12. The van der Waals surface area contributed by atoms with Gasteiger partial charge in [0.15, 0.2) is 0 Å². The number of carbonyl (C=O) groups is 1. The zero-order valence-electron chi connectivity index (χ0n) is 12.1. The monoisotopic (exact) mass is 325 g/mol. The first kappa shape index (κ1) is 17.6. The van der Waals surface area contributed by atoms with Crippen LogP contribution in [0.4, 0.5) is 0 Å². The fourth-order valence-electron chi connectivity index (χ4n) is 2.03. The average molecular weight is 326 g/mol. The van der Waals surface area contributed by atoms with Crippen LogP contribution in [0, 0.1) is 6.92 Å². The van der Waals surface area contributed by atoms with Crippen molar-refractivity contribution >= 4 is 29.7 Å². The van der Waals surface area contributed by atoms with Crippen LogP contribution in [0.25, 0.3) is 0 Å². The van der Waals surface area contributed by atoms with E-state index in [1.54, 1.807) is 5.38 Å². The van der Waals surface area contributed by atoms with Crippen molar-refractivity contribution in [3.8, 4) is 0 Å². The minimum Gasteiger partial charge on any atom is -0.348 e. The van der Waals surface area contributed by atoms with Gasteiger partial charge in [-0.1, -0.05) is 24.3 Å². The summed E-state index contributed by atoms with van der Waals surface area (Å²) in [6, 6.07) is 8.27. The molecule has 21 heavy (non-hydrogen) atoms. The standard InChI is InChI=1S/C15H19N3OS.ClH/c1-10-5-3-4-6-12(10)7-11(2)17-15(19)13-9-20-14(8-16)18-13;/h3-6,9,11H,7-8,16H2,1-2H3,(H,17,19);1H. The second-order valence-electron chi connectivity index (χ2n) is 4.84. The van der Waals surface area contributed by atoms with Crippen molar-refractivity contribution in [2.24, 2.45) is 5.73 Å². The maximum Gasteiger partial charge on any atom is 0.270 e. The van der Waals surface area contributed by atoms with Gasteiger partial charge in [-0.05, 0) is 31.4 Å². The molecular formula is C15H20ClN3OS. The van der Waals surface area contributed by atoms with E-state index in [9.17, 15) is 4.79 Å². The number of nitrogens with one attached hydrogen (secondary N) is 1. The van der Waals surface area contributed by atoms with Gasteiger partial charge in [0.1, 0.15) is 10.7 Å². The van der Waals surface area contributed by atoms with Gasteiger partial charge in [0, 0.05) is 18.0 Å². The Morgan fingerprint density at radius 2 is 2.14 bits per heavy atom. The highest BCUT2D eigenvalue weighted by Gasteiger charge is 2.13. The van der Waals surface area contributed by atoms with Crippen LogP contribution >= 0.6 is 23.7 Å². The second kappa shape index (κ2) is 8.12. The predicted molar refractivity (Wildman–Crippen MR) is 89.1 cm³/mol. The van der Waals surface area contributed by atoms with Gasteiger partial charge in [-0.15, -0.1) is 23.7 Å².